The number of non-ortho nitro benzene ring substituents is 1. The van der Waals surface area contributed by atoms with Crippen LogP contribution in [-0.2, 0) is 4.79 Å². The second-order valence-electron chi connectivity index (χ2n) is 6.75. The zero-order valence-corrected chi connectivity index (χ0v) is 15.4. The molecular weight excluding hydrogens is 378 g/mol. The number of para-hydroxylation sites is 1. The number of rotatable bonds is 5. The number of nitrogens with zero attached hydrogens (tertiary/aromatic N) is 2. The van der Waals surface area contributed by atoms with E-state index in [1.54, 1.807) is 12.1 Å². The van der Waals surface area contributed by atoms with Crippen molar-refractivity contribution in [1.82, 2.24) is 4.90 Å². The van der Waals surface area contributed by atoms with E-state index in [1.807, 2.05) is 18.2 Å². The van der Waals surface area contributed by atoms with Gasteiger partial charge < -0.3 is 15.3 Å². The van der Waals surface area contributed by atoms with E-state index in [9.17, 15) is 24.5 Å². The molecule has 9 nitrogen and oxygen atoms in total. The molecule has 2 aromatic carbocycles. The van der Waals surface area contributed by atoms with Crippen LogP contribution < -0.4 is 5.32 Å². The minimum absolute atomic E-state index is 0.0520. The number of piperidine rings is 1. The number of anilines is 1. The molecule has 0 saturated carbocycles. The third kappa shape index (κ3) is 4.75. The van der Waals surface area contributed by atoms with Crippen LogP contribution in [-0.4, -0.2) is 45.8 Å². The predicted molar refractivity (Wildman–Crippen MR) is 104 cm³/mol. The molecule has 1 fully saturated rings. The van der Waals surface area contributed by atoms with Gasteiger partial charge in [0.2, 0.25) is 5.91 Å². The maximum Gasteiger partial charge on any atom is 0.335 e. The standard InChI is InChI=1S/C20H19N3O6/c24-18(21-16-4-2-1-3-5-16)13-6-8-22(9-7-13)19(25)14-10-15(20(26)27)12-17(11-14)23(28)29/h1-5,10-13H,6-9H2,(H,21,24)(H,26,27). The van der Waals surface area contributed by atoms with Crippen molar-refractivity contribution >= 4 is 29.2 Å². The number of nitro benzene ring substituents is 1. The third-order valence-corrected chi connectivity index (χ3v) is 4.82. The Hall–Kier alpha value is -3.75. The summed E-state index contributed by atoms with van der Waals surface area (Å²) in [5.41, 5.74) is -0.123. The third-order valence-electron chi connectivity index (χ3n) is 4.82. The lowest BCUT2D eigenvalue weighted by molar-refractivity contribution is -0.384. The molecule has 2 aromatic rings. The van der Waals surface area contributed by atoms with Crippen molar-refractivity contribution in [2.24, 2.45) is 5.92 Å². The minimum Gasteiger partial charge on any atom is -0.478 e. The molecule has 0 bridgehead atoms. The van der Waals surface area contributed by atoms with Crippen molar-refractivity contribution in [1.29, 1.82) is 0 Å². The van der Waals surface area contributed by atoms with Crippen LogP contribution in [0.5, 0.6) is 0 Å². The molecule has 0 aromatic heterocycles. The van der Waals surface area contributed by atoms with Gasteiger partial charge in [-0.2, -0.15) is 0 Å². The number of hydrogen-bond acceptors (Lipinski definition) is 5. The number of nitro groups is 1. The average molecular weight is 397 g/mol. The van der Waals surface area contributed by atoms with Crippen LogP contribution in [0.25, 0.3) is 0 Å². The second kappa shape index (κ2) is 8.51. The Balaban J connectivity index is 1.66. The van der Waals surface area contributed by atoms with Gasteiger partial charge in [0.05, 0.1) is 10.5 Å². The van der Waals surface area contributed by atoms with Crippen LogP contribution in [0.4, 0.5) is 11.4 Å². The van der Waals surface area contributed by atoms with Crippen molar-refractivity contribution in [3.63, 3.8) is 0 Å². The fraction of sp³-hybridized carbons (Fsp3) is 0.250. The van der Waals surface area contributed by atoms with Gasteiger partial charge in [-0.1, -0.05) is 18.2 Å². The molecule has 3 rings (SSSR count). The molecule has 1 aliphatic heterocycles. The second-order valence-corrected chi connectivity index (χ2v) is 6.75. The molecule has 0 unspecified atom stereocenters. The van der Waals surface area contributed by atoms with Crippen LogP contribution in [0.2, 0.25) is 0 Å². The summed E-state index contributed by atoms with van der Waals surface area (Å²) in [6.07, 6.45) is 0.899. The molecule has 2 N–H and O–H groups in total. The first-order valence-corrected chi connectivity index (χ1v) is 9.03. The van der Waals surface area contributed by atoms with Crippen molar-refractivity contribution in [3.05, 3.63) is 69.8 Å². The highest BCUT2D eigenvalue weighted by atomic mass is 16.6. The zero-order valence-electron chi connectivity index (χ0n) is 15.4. The first kappa shape index (κ1) is 20.0. The Morgan fingerprint density at radius 3 is 2.24 bits per heavy atom. The molecule has 150 valence electrons. The summed E-state index contributed by atoms with van der Waals surface area (Å²) < 4.78 is 0. The lowest BCUT2D eigenvalue weighted by Gasteiger charge is -2.31. The van der Waals surface area contributed by atoms with Gasteiger partial charge in [0, 0.05) is 42.4 Å². The van der Waals surface area contributed by atoms with E-state index in [4.69, 9.17) is 5.11 Å². The Kier molecular flexibility index (Phi) is 5.87. The first-order valence-electron chi connectivity index (χ1n) is 9.03. The average Bonchev–Trinajstić information content (AvgIpc) is 2.73. The number of nitrogens with one attached hydrogen (secondary N) is 1. The van der Waals surface area contributed by atoms with Gasteiger partial charge in [-0.05, 0) is 31.0 Å². The van der Waals surface area contributed by atoms with Gasteiger partial charge in [0.1, 0.15) is 0 Å². The molecular formula is C20H19N3O6. The lowest BCUT2D eigenvalue weighted by atomic mass is 9.95. The van der Waals surface area contributed by atoms with E-state index < -0.39 is 22.5 Å². The van der Waals surface area contributed by atoms with Crippen LogP contribution in [0.1, 0.15) is 33.6 Å². The molecule has 1 saturated heterocycles. The summed E-state index contributed by atoms with van der Waals surface area (Å²) in [6, 6.07) is 12.2. The number of carbonyl (C=O) groups excluding carboxylic acids is 2. The number of hydrogen-bond donors (Lipinski definition) is 2. The summed E-state index contributed by atoms with van der Waals surface area (Å²) in [4.78, 5) is 48.1. The molecule has 0 atom stereocenters. The number of likely N-dealkylation sites (tertiary alicyclic amines) is 1. The van der Waals surface area contributed by atoms with E-state index in [1.165, 1.54) is 4.90 Å². The van der Waals surface area contributed by atoms with Crippen molar-refractivity contribution in [2.45, 2.75) is 12.8 Å². The van der Waals surface area contributed by atoms with Crippen molar-refractivity contribution in [2.75, 3.05) is 18.4 Å². The van der Waals surface area contributed by atoms with Crippen LogP contribution in [0.3, 0.4) is 0 Å². The maximum atomic E-state index is 12.7. The van der Waals surface area contributed by atoms with E-state index in [-0.39, 0.29) is 23.0 Å². The Labute approximate surface area is 166 Å². The number of amides is 2. The molecule has 2 amide bonds. The van der Waals surface area contributed by atoms with Crippen LogP contribution in [0.15, 0.2) is 48.5 Å². The first-order chi connectivity index (χ1) is 13.8. The van der Waals surface area contributed by atoms with Gasteiger partial charge in [-0.3, -0.25) is 19.7 Å². The topological polar surface area (TPSA) is 130 Å². The lowest BCUT2D eigenvalue weighted by Crippen LogP contribution is -2.41. The van der Waals surface area contributed by atoms with Crippen LogP contribution in [0, 0.1) is 16.0 Å². The molecule has 0 radical (unpaired) electrons. The summed E-state index contributed by atoms with van der Waals surface area (Å²) in [7, 11) is 0. The minimum atomic E-state index is -1.35. The number of carbonyl (C=O) groups is 3. The van der Waals surface area contributed by atoms with Gasteiger partial charge in [-0.15, -0.1) is 0 Å². The molecule has 9 heteroatoms. The van der Waals surface area contributed by atoms with Crippen LogP contribution >= 0.6 is 0 Å². The Morgan fingerprint density at radius 2 is 1.66 bits per heavy atom. The molecule has 1 heterocycles. The molecule has 1 aliphatic rings. The zero-order chi connectivity index (χ0) is 21.0. The summed E-state index contributed by atoms with van der Waals surface area (Å²) in [5, 5.41) is 23.0. The van der Waals surface area contributed by atoms with E-state index >= 15 is 0 Å². The van der Waals surface area contributed by atoms with Gasteiger partial charge in [0.15, 0.2) is 0 Å². The number of benzene rings is 2. The SMILES string of the molecule is O=C(O)c1cc(C(=O)N2CCC(C(=O)Nc3ccccc3)CC2)cc([N+](=O)[O-])c1. The van der Waals surface area contributed by atoms with E-state index in [0.29, 0.717) is 31.6 Å². The summed E-state index contributed by atoms with van der Waals surface area (Å²) in [5.74, 6) is -2.21. The fourth-order valence-corrected chi connectivity index (χ4v) is 3.26. The summed E-state index contributed by atoms with van der Waals surface area (Å²) in [6.45, 7) is 0.605. The monoisotopic (exact) mass is 397 g/mol. The fourth-order valence-electron chi connectivity index (χ4n) is 3.26. The number of carboxylic acid groups (broad SMARTS) is 1. The van der Waals surface area contributed by atoms with Gasteiger partial charge in [-0.25, -0.2) is 4.79 Å². The maximum absolute atomic E-state index is 12.7. The van der Waals surface area contributed by atoms with Gasteiger partial charge >= 0.3 is 5.97 Å². The molecule has 0 spiro atoms. The summed E-state index contributed by atoms with van der Waals surface area (Å²) >= 11 is 0. The van der Waals surface area contributed by atoms with E-state index in [2.05, 4.69) is 5.32 Å². The highest BCUT2D eigenvalue weighted by Crippen LogP contribution is 2.23. The largest absolute Gasteiger partial charge is 0.478 e. The highest BCUT2D eigenvalue weighted by Gasteiger charge is 2.29. The van der Waals surface area contributed by atoms with E-state index in [0.717, 1.165) is 18.2 Å². The Bertz CT molecular complexity index is 920. The number of carboxylic acids is 1. The highest BCUT2D eigenvalue weighted by molar-refractivity contribution is 5.99. The number of aromatic carboxylic acids is 1. The normalized spacial score (nSPS) is 14.3. The predicted octanol–water partition coefficient (Wildman–Crippen LogP) is 2.78. The smallest absolute Gasteiger partial charge is 0.335 e. The van der Waals surface area contributed by atoms with Gasteiger partial charge in [0.25, 0.3) is 11.6 Å². The van der Waals surface area contributed by atoms with Crippen molar-refractivity contribution < 1.29 is 24.4 Å². The van der Waals surface area contributed by atoms with Crippen molar-refractivity contribution in [3.8, 4) is 0 Å². The Morgan fingerprint density at radius 1 is 1.03 bits per heavy atom. The molecule has 29 heavy (non-hydrogen) atoms. The quantitative estimate of drug-likeness (QED) is 0.589. The molecule has 0 aliphatic carbocycles.